The Balaban J connectivity index is 1.42. The molecule has 7 nitrogen and oxygen atoms in total. The Morgan fingerprint density at radius 1 is 1.10 bits per heavy atom. The van der Waals surface area contributed by atoms with E-state index in [2.05, 4.69) is 9.88 Å². The van der Waals surface area contributed by atoms with Crippen LogP contribution >= 0.6 is 11.8 Å². The monoisotopic (exact) mass is 428 g/mol. The van der Waals surface area contributed by atoms with E-state index in [4.69, 9.17) is 14.5 Å². The van der Waals surface area contributed by atoms with Gasteiger partial charge in [-0.1, -0.05) is 23.9 Å². The van der Waals surface area contributed by atoms with Gasteiger partial charge in [0.2, 0.25) is 0 Å². The highest BCUT2D eigenvalue weighted by Crippen LogP contribution is 2.24. The lowest BCUT2D eigenvalue weighted by atomic mass is 10.1. The summed E-state index contributed by atoms with van der Waals surface area (Å²) in [6.07, 6.45) is 2.21. The molecule has 0 spiro atoms. The highest BCUT2D eigenvalue weighted by molar-refractivity contribution is 7.98. The fraction of sp³-hybridized carbons (Fsp3) is 0.500. The fourth-order valence-corrected chi connectivity index (χ4v) is 4.52. The van der Waals surface area contributed by atoms with Crippen molar-refractivity contribution in [3.05, 3.63) is 47.2 Å². The van der Waals surface area contributed by atoms with Gasteiger partial charge in [-0.15, -0.1) is 0 Å². The van der Waals surface area contributed by atoms with E-state index in [-0.39, 0.29) is 5.91 Å². The normalized spacial score (nSPS) is 16.8. The summed E-state index contributed by atoms with van der Waals surface area (Å²) in [5.41, 5.74) is 2.79. The molecule has 2 aliphatic rings. The summed E-state index contributed by atoms with van der Waals surface area (Å²) in [7, 11) is 1.67. The van der Waals surface area contributed by atoms with Crippen LogP contribution in [0.15, 0.2) is 35.5 Å². The molecule has 0 bridgehead atoms. The summed E-state index contributed by atoms with van der Waals surface area (Å²) in [5, 5.41) is 0.739. The first-order valence-electron chi connectivity index (χ1n) is 10.4. The molecule has 2 aromatic rings. The molecule has 1 amide bonds. The van der Waals surface area contributed by atoms with Crippen molar-refractivity contribution in [1.82, 2.24) is 14.9 Å². The van der Waals surface area contributed by atoms with Crippen LogP contribution in [0.25, 0.3) is 0 Å². The van der Waals surface area contributed by atoms with Crippen molar-refractivity contribution in [3.8, 4) is 0 Å². The van der Waals surface area contributed by atoms with Crippen LogP contribution in [0, 0.1) is 0 Å². The standard InChI is InChI=1S/C22H28N4O3S/c1-28-15-19-14-20(25-10-12-29-13-11-25)24-22(23-19)30-16-17-4-6-18(7-5-17)21(27)26-8-2-3-9-26/h4-7,14H,2-3,8-13,15-16H2,1H3. The van der Waals surface area contributed by atoms with Crippen LogP contribution in [0.5, 0.6) is 0 Å². The number of aromatic nitrogens is 2. The number of amides is 1. The third-order valence-electron chi connectivity index (χ3n) is 5.33. The van der Waals surface area contributed by atoms with E-state index in [0.29, 0.717) is 19.8 Å². The molecule has 1 aromatic heterocycles. The average molecular weight is 429 g/mol. The minimum atomic E-state index is 0.137. The van der Waals surface area contributed by atoms with E-state index in [1.807, 2.05) is 35.2 Å². The third kappa shape index (κ3) is 5.30. The molecule has 0 atom stereocenters. The number of carbonyl (C=O) groups is 1. The van der Waals surface area contributed by atoms with Crippen LogP contribution in [0.1, 0.15) is 34.5 Å². The van der Waals surface area contributed by atoms with Gasteiger partial charge in [0.15, 0.2) is 5.16 Å². The van der Waals surface area contributed by atoms with Crippen LogP contribution < -0.4 is 4.90 Å². The minimum absolute atomic E-state index is 0.137. The number of rotatable bonds is 7. The molecule has 4 rings (SSSR count). The Morgan fingerprint density at radius 3 is 2.53 bits per heavy atom. The van der Waals surface area contributed by atoms with Crippen LogP contribution in [-0.4, -0.2) is 67.3 Å². The molecule has 2 aliphatic heterocycles. The highest BCUT2D eigenvalue weighted by atomic mass is 32.2. The van der Waals surface area contributed by atoms with Gasteiger partial charge in [-0.2, -0.15) is 0 Å². The van der Waals surface area contributed by atoms with Gasteiger partial charge in [0.05, 0.1) is 25.5 Å². The van der Waals surface area contributed by atoms with Gasteiger partial charge in [-0.3, -0.25) is 4.79 Å². The third-order valence-corrected chi connectivity index (χ3v) is 6.25. The first-order valence-corrected chi connectivity index (χ1v) is 11.4. The molecule has 3 heterocycles. The first-order chi connectivity index (χ1) is 14.7. The zero-order chi connectivity index (χ0) is 20.8. The number of morpholine rings is 1. The Labute approximate surface area is 181 Å². The lowest BCUT2D eigenvalue weighted by Gasteiger charge is -2.28. The largest absolute Gasteiger partial charge is 0.378 e. The number of methoxy groups -OCH3 is 1. The number of likely N-dealkylation sites (tertiary alicyclic amines) is 1. The second kappa shape index (κ2) is 10.2. The minimum Gasteiger partial charge on any atom is -0.378 e. The summed E-state index contributed by atoms with van der Waals surface area (Å²) in [6.45, 7) is 5.30. The molecular weight excluding hydrogens is 400 g/mol. The van der Waals surface area contributed by atoms with Gasteiger partial charge in [0.1, 0.15) is 5.82 Å². The van der Waals surface area contributed by atoms with E-state index in [9.17, 15) is 4.79 Å². The predicted molar refractivity (Wildman–Crippen MR) is 117 cm³/mol. The van der Waals surface area contributed by atoms with Crippen molar-refractivity contribution in [2.75, 3.05) is 51.4 Å². The molecule has 0 N–H and O–H groups in total. The van der Waals surface area contributed by atoms with Gasteiger partial charge < -0.3 is 19.3 Å². The van der Waals surface area contributed by atoms with Crippen LogP contribution in [0.2, 0.25) is 0 Å². The van der Waals surface area contributed by atoms with Crippen LogP contribution in [0.4, 0.5) is 5.82 Å². The molecule has 0 saturated carbocycles. The summed E-state index contributed by atoms with van der Waals surface area (Å²) in [4.78, 5) is 26.1. The maximum absolute atomic E-state index is 12.5. The average Bonchev–Trinajstić information content (AvgIpc) is 3.33. The van der Waals surface area contributed by atoms with Crippen LogP contribution in [0.3, 0.4) is 0 Å². The molecule has 0 unspecified atom stereocenters. The molecule has 8 heteroatoms. The molecule has 0 aliphatic carbocycles. The maximum Gasteiger partial charge on any atom is 0.253 e. The lowest BCUT2D eigenvalue weighted by Crippen LogP contribution is -2.37. The zero-order valence-corrected chi connectivity index (χ0v) is 18.2. The molecule has 2 saturated heterocycles. The van der Waals surface area contributed by atoms with E-state index < -0.39 is 0 Å². The van der Waals surface area contributed by atoms with Gasteiger partial charge >= 0.3 is 0 Å². The van der Waals surface area contributed by atoms with E-state index in [1.165, 1.54) is 0 Å². The van der Waals surface area contributed by atoms with E-state index in [1.54, 1.807) is 18.9 Å². The van der Waals surface area contributed by atoms with Gasteiger partial charge in [-0.05, 0) is 30.5 Å². The quantitative estimate of drug-likeness (QED) is 0.496. The Morgan fingerprint density at radius 2 is 1.83 bits per heavy atom. The Kier molecular flexibility index (Phi) is 7.20. The first kappa shape index (κ1) is 21.1. The van der Waals surface area contributed by atoms with Crippen molar-refractivity contribution >= 4 is 23.5 Å². The molecule has 2 fully saturated rings. The number of benzene rings is 1. The molecule has 30 heavy (non-hydrogen) atoms. The number of hydrogen-bond acceptors (Lipinski definition) is 7. The molecule has 0 radical (unpaired) electrons. The van der Waals surface area contributed by atoms with Crippen molar-refractivity contribution in [2.24, 2.45) is 0 Å². The van der Waals surface area contributed by atoms with Crippen molar-refractivity contribution in [1.29, 1.82) is 0 Å². The van der Waals surface area contributed by atoms with E-state index in [0.717, 1.165) is 72.6 Å². The summed E-state index contributed by atoms with van der Waals surface area (Å²) >= 11 is 1.60. The lowest BCUT2D eigenvalue weighted by molar-refractivity contribution is 0.0793. The Bertz CT molecular complexity index is 850. The van der Waals surface area contributed by atoms with Gasteiger partial charge in [0.25, 0.3) is 5.91 Å². The number of anilines is 1. The van der Waals surface area contributed by atoms with Crippen LogP contribution in [-0.2, 0) is 21.8 Å². The predicted octanol–water partition coefficient (Wildman–Crippen LogP) is 2.99. The number of nitrogens with zero attached hydrogens (tertiary/aromatic N) is 4. The molecule has 160 valence electrons. The van der Waals surface area contributed by atoms with Crippen molar-refractivity contribution in [2.45, 2.75) is 30.4 Å². The molecule has 1 aromatic carbocycles. The Hall–Kier alpha value is -2.16. The number of thioether (sulfide) groups is 1. The number of hydrogen-bond donors (Lipinski definition) is 0. The number of carbonyl (C=O) groups excluding carboxylic acids is 1. The highest BCUT2D eigenvalue weighted by Gasteiger charge is 2.19. The topological polar surface area (TPSA) is 67.8 Å². The van der Waals surface area contributed by atoms with Gasteiger partial charge in [-0.25, -0.2) is 9.97 Å². The van der Waals surface area contributed by atoms with Crippen molar-refractivity contribution < 1.29 is 14.3 Å². The second-order valence-electron chi connectivity index (χ2n) is 7.52. The summed E-state index contributed by atoms with van der Waals surface area (Å²) in [6, 6.07) is 9.91. The fourth-order valence-electron chi connectivity index (χ4n) is 3.69. The summed E-state index contributed by atoms with van der Waals surface area (Å²) in [5.74, 6) is 1.81. The molecular formula is C22H28N4O3S. The smallest absolute Gasteiger partial charge is 0.253 e. The summed E-state index contributed by atoms with van der Waals surface area (Å²) < 4.78 is 10.7. The van der Waals surface area contributed by atoms with Crippen molar-refractivity contribution in [3.63, 3.8) is 0 Å². The maximum atomic E-state index is 12.5. The van der Waals surface area contributed by atoms with E-state index >= 15 is 0 Å². The SMILES string of the molecule is COCc1cc(N2CCOCC2)nc(SCc2ccc(C(=O)N3CCCC3)cc2)n1. The second-order valence-corrected chi connectivity index (χ2v) is 8.46. The number of ether oxygens (including phenoxy) is 2. The zero-order valence-electron chi connectivity index (χ0n) is 17.4. The van der Waals surface area contributed by atoms with Gasteiger partial charge in [0, 0.05) is 50.7 Å².